The number of ether oxygens (including phenoxy) is 1. The van der Waals surface area contributed by atoms with Crippen LogP contribution < -0.4 is 10.1 Å². The third-order valence-electron chi connectivity index (χ3n) is 4.04. The molecule has 0 radical (unpaired) electrons. The van der Waals surface area contributed by atoms with E-state index in [-0.39, 0.29) is 5.91 Å². The molecule has 1 amide bonds. The molecule has 0 atom stereocenters. The van der Waals surface area contributed by atoms with Crippen molar-refractivity contribution in [3.05, 3.63) is 47.9 Å². The summed E-state index contributed by atoms with van der Waals surface area (Å²) in [6.45, 7) is 4.54. The number of aromatic nitrogens is 5. The summed E-state index contributed by atoms with van der Waals surface area (Å²) in [5.41, 5.74) is 1.99. The smallest absolute Gasteiger partial charge is 0.277 e. The molecule has 3 aromatic heterocycles. The van der Waals surface area contributed by atoms with Crippen LogP contribution in [0.15, 0.2) is 36.5 Å². The number of rotatable bonds is 5. The molecule has 0 fully saturated rings. The van der Waals surface area contributed by atoms with Crippen molar-refractivity contribution >= 4 is 33.3 Å². The minimum absolute atomic E-state index is 0.286. The summed E-state index contributed by atoms with van der Waals surface area (Å²) in [5.74, 6) is 1.04. The van der Waals surface area contributed by atoms with Gasteiger partial charge in [0.05, 0.1) is 23.0 Å². The predicted octanol–water partition coefficient (Wildman–Crippen LogP) is 3.27. The van der Waals surface area contributed by atoms with Gasteiger partial charge in [-0.15, -0.1) is 0 Å². The van der Waals surface area contributed by atoms with Crippen LogP contribution in [0.1, 0.15) is 23.1 Å². The molecule has 4 rings (SSSR count). The number of carbonyl (C=O) groups is 1. The number of anilines is 1. The van der Waals surface area contributed by atoms with Crippen LogP contribution in [-0.2, 0) is 6.54 Å². The number of nitrogens with one attached hydrogen (secondary N) is 1. The summed E-state index contributed by atoms with van der Waals surface area (Å²) in [6, 6.07) is 9.20. The van der Waals surface area contributed by atoms with E-state index < -0.39 is 0 Å². The highest BCUT2D eigenvalue weighted by molar-refractivity contribution is 7.20. The number of thiazole rings is 1. The van der Waals surface area contributed by atoms with E-state index in [1.165, 1.54) is 11.3 Å². The Morgan fingerprint density at radius 2 is 2.11 bits per heavy atom. The molecular formula is C18H18N6O2S. The number of amides is 1. The molecule has 9 heteroatoms. The van der Waals surface area contributed by atoms with Gasteiger partial charge in [-0.2, -0.15) is 14.9 Å². The fraction of sp³-hybridized carbons (Fsp3) is 0.222. The van der Waals surface area contributed by atoms with Crippen molar-refractivity contribution in [3.8, 4) is 10.9 Å². The number of nitrogens with zero attached hydrogens (tertiary/aromatic N) is 5. The van der Waals surface area contributed by atoms with Crippen molar-refractivity contribution in [1.82, 2.24) is 24.5 Å². The molecule has 0 unspecified atom stereocenters. The zero-order chi connectivity index (χ0) is 19.0. The Kier molecular flexibility index (Phi) is 4.36. The van der Waals surface area contributed by atoms with E-state index in [1.807, 2.05) is 32.0 Å². The number of hydrogen-bond donors (Lipinski definition) is 1. The van der Waals surface area contributed by atoms with Gasteiger partial charge < -0.3 is 10.1 Å². The maximum atomic E-state index is 12.5. The normalized spacial score (nSPS) is 11.1. The average molecular weight is 382 g/mol. The van der Waals surface area contributed by atoms with Gasteiger partial charge in [0.25, 0.3) is 5.91 Å². The van der Waals surface area contributed by atoms with E-state index in [1.54, 1.807) is 34.8 Å². The maximum absolute atomic E-state index is 12.5. The van der Waals surface area contributed by atoms with Crippen molar-refractivity contribution in [2.75, 3.05) is 12.4 Å². The third kappa shape index (κ3) is 3.28. The number of fused-ring (bicyclic) bond motifs is 1. The summed E-state index contributed by atoms with van der Waals surface area (Å²) >= 11 is 1.48. The van der Waals surface area contributed by atoms with Crippen LogP contribution in [0.25, 0.3) is 15.3 Å². The highest BCUT2D eigenvalue weighted by atomic mass is 32.1. The number of benzene rings is 1. The van der Waals surface area contributed by atoms with Crippen LogP contribution in [0.3, 0.4) is 0 Å². The van der Waals surface area contributed by atoms with Crippen LogP contribution >= 0.6 is 11.3 Å². The molecule has 0 saturated heterocycles. The van der Waals surface area contributed by atoms with Crippen LogP contribution in [0.2, 0.25) is 0 Å². The minimum Gasteiger partial charge on any atom is -0.497 e. The van der Waals surface area contributed by atoms with Crippen LogP contribution in [0.4, 0.5) is 5.82 Å². The van der Waals surface area contributed by atoms with E-state index in [0.717, 1.165) is 21.7 Å². The number of methoxy groups -OCH3 is 1. The Balaban J connectivity index is 1.67. The third-order valence-corrected chi connectivity index (χ3v) is 5.03. The van der Waals surface area contributed by atoms with E-state index >= 15 is 0 Å². The van der Waals surface area contributed by atoms with Gasteiger partial charge in [0.15, 0.2) is 5.69 Å². The average Bonchev–Trinajstić information content (AvgIpc) is 3.38. The SMILES string of the molecule is CCn1ccc(C(=O)Nc2cc(C)nn2-c2nc3ccc(OC)cc3s2)n1. The first-order valence-electron chi connectivity index (χ1n) is 8.44. The number of hydrogen-bond acceptors (Lipinski definition) is 6. The molecule has 0 saturated carbocycles. The van der Waals surface area contributed by atoms with E-state index in [4.69, 9.17) is 4.74 Å². The molecule has 4 aromatic rings. The van der Waals surface area contributed by atoms with Crippen LogP contribution in [-0.4, -0.2) is 37.6 Å². The van der Waals surface area contributed by atoms with Gasteiger partial charge >= 0.3 is 0 Å². The lowest BCUT2D eigenvalue weighted by molar-refractivity contribution is 0.102. The lowest BCUT2D eigenvalue weighted by Crippen LogP contribution is -2.16. The van der Waals surface area contributed by atoms with E-state index in [9.17, 15) is 4.79 Å². The molecule has 138 valence electrons. The first-order valence-corrected chi connectivity index (χ1v) is 9.25. The second-order valence-electron chi connectivity index (χ2n) is 5.92. The molecule has 1 N–H and O–H groups in total. The zero-order valence-corrected chi connectivity index (χ0v) is 15.9. The molecule has 3 heterocycles. The van der Waals surface area contributed by atoms with Gasteiger partial charge in [-0.1, -0.05) is 11.3 Å². The van der Waals surface area contributed by atoms with Crippen molar-refractivity contribution in [2.24, 2.45) is 0 Å². The van der Waals surface area contributed by atoms with E-state index in [0.29, 0.717) is 23.2 Å². The lowest BCUT2D eigenvalue weighted by atomic mass is 10.3. The first kappa shape index (κ1) is 17.2. The highest BCUT2D eigenvalue weighted by Crippen LogP contribution is 2.30. The molecule has 0 aliphatic rings. The predicted molar refractivity (Wildman–Crippen MR) is 104 cm³/mol. The Labute approximate surface area is 159 Å². The second-order valence-corrected chi connectivity index (χ2v) is 6.93. The van der Waals surface area contributed by atoms with Crippen molar-refractivity contribution in [3.63, 3.8) is 0 Å². The van der Waals surface area contributed by atoms with Gasteiger partial charge in [-0.25, -0.2) is 4.98 Å². The van der Waals surface area contributed by atoms with Crippen LogP contribution in [0.5, 0.6) is 5.75 Å². The van der Waals surface area contributed by atoms with Gasteiger partial charge in [0, 0.05) is 18.8 Å². The maximum Gasteiger partial charge on any atom is 0.277 e. The number of aryl methyl sites for hydroxylation is 2. The second kappa shape index (κ2) is 6.84. The molecule has 0 aliphatic carbocycles. The standard InChI is InChI=1S/C18H18N6O2S/c1-4-23-8-7-14(22-23)17(25)20-16-9-11(2)21-24(16)18-19-13-6-5-12(26-3)10-15(13)27-18/h5-10H,4H2,1-3H3,(H,20,25). The van der Waals surface area contributed by atoms with Gasteiger partial charge in [-0.05, 0) is 38.1 Å². The quantitative estimate of drug-likeness (QED) is 0.572. The van der Waals surface area contributed by atoms with Gasteiger partial charge in [0.2, 0.25) is 5.13 Å². The van der Waals surface area contributed by atoms with Crippen molar-refractivity contribution in [2.45, 2.75) is 20.4 Å². The van der Waals surface area contributed by atoms with Crippen molar-refractivity contribution < 1.29 is 9.53 Å². The molecule has 0 bridgehead atoms. The highest BCUT2D eigenvalue weighted by Gasteiger charge is 2.17. The summed E-state index contributed by atoms with van der Waals surface area (Å²) in [6.07, 6.45) is 1.78. The Hall–Kier alpha value is -3.20. The Morgan fingerprint density at radius 3 is 2.85 bits per heavy atom. The van der Waals surface area contributed by atoms with Gasteiger partial charge in [-0.3, -0.25) is 9.48 Å². The van der Waals surface area contributed by atoms with Crippen LogP contribution in [0, 0.1) is 6.92 Å². The van der Waals surface area contributed by atoms with Crippen molar-refractivity contribution in [1.29, 1.82) is 0 Å². The summed E-state index contributed by atoms with van der Waals surface area (Å²) in [4.78, 5) is 17.2. The Morgan fingerprint density at radius 1 is 1.26 bits per heavy atom. The summed E-state index contributed by atoms with van der Waals surface area (Å²) < 4.78 is 9.60. The Bertz CT molecular complexity index is 1130. The fourth-order valence-corrected chi connectivity index (χ4v) is 3.64. The van der Waals surface area contributed by atoms with E-state index in [2.05, 4.69) is 20.5 Å². The summed E-state index contributed by atoms with van der Waals surface area (Å²) in [7, 11) is 1.63. The fourth-order valence-electron chi connectivity index (χ4n) is 2.68. The molecule has 0 spiro atoms. The van der Waals surface area contributed by atoms with Gasteiger partial charge in [0.1, 0.15) is 11.6 Å². The lowest BCUT2D eigenvalue weighted by Gasteiger charge is -2.04. The zero-order valence-electron chi connectivity index (χ0n) is 15.1. The molecule has 8 nitrogen and oxygen atoms in total. The molecular weight excluding hydrogens is 364 g/mol. The topological polar surface area (TPSA) is 86.9 Å². The molecule has 27 heavy (non-hydrogen) atoms. The summed E-state index contributed by atoms with van der Waals surface area (Å²) in [5, 5.41) is 12.3. The largest absolute Gasteiger partial charge is 0.497 e. The molecule has 1 aromatic carbocycles. The minimum atomic E-state index is -0.286. The molecule has 0 aliphatic heterocycles. The first-order chi connectivity index (χ1) is 13.1. The number of carbonyl (C=O) groups excluding carboxylic acids is 1. The monoisotopic (exact) mass is 382 g/mol.